The maximum absolute atomic E-state index is 11.3. The second kappa shape index (κ2) is 4.20. The summed E-state index contributed by atoms with van der Waals surface area (Å²) >= 11 is 1.45. The number of fused-ring (bicyclic) bond motifs is 1. The van der Waals surface area contributed by atoms with Gasteiger partial charge in [0.05, 0.1) is 4.70 Å². The van der Waals surface area contributed by atoms with Gasteiger partial charge >= 0.3 is 0 Å². The number of carbonyl (C=O) groups excluding carboxylic acids is 1. The van der Waals surface area contributed by atoms with Crippen LogP contribution in [0.4, 0.5) is 5.13 Å². The fourth-order valence-corrected chi connectivity index (χ4v) is 3.04. The molecule has 2 N–H and O–H groups in total. The van der Waals surface area contributed by atoms with Gasteiger partial charge in [-0.1, -0.05) is 11.3 Å². The molecular formula is C12H14N4OS. The number of likely N-dealkylation sites (tertiary alicyclic amines) is 1. The molecule has 1 aliphatic rings. The number of nitrogen functional groups attached to an aromatic ring is 1. The Balaban J connectivity index is 1.88. The normalized spacial score (nSPS) is 19.6. The van der Waals surface area contributed by atoms with E-state index in [2.05, 4.69) is 9.97 Å². The largest absolute Gasteiger partial charge is 0.375 e. The molecule has 0 aliphatic carbocycles. The van der Waals surface area contributed by atoms with Gasteiger partial charge < -0.3 is 10.6 Å². The molecule has 0 saturated carbocycles. The SMILES string of the molecule is CC(=O)N1CCC(c2ccc3sc(N)nc3n2)C1. The molecule has 1 saturated heterocycles. The van der Waals surface area contributed by atoms with Crippen LogP contribution in [0.2, 0.25) is 0 Å². The standard InChI is InChI=1S/C12H14N4OS/c1-7(17)16-5-4-8(6-16)9-2-3-10-11(14-9)15-12(13)18-10/h2-3,8H,4-6H2,1H3,(H2,13,14,15). The molecule has 1 fully saturated rings. The highest BCUT2D eigenvalue weighted by molar-refractivity contribution is 7.21. The van der Waals surface area contributed by atoms with E-state index in [1.54, 1.807) is 6.92 Å². The van der Waals surface area contributed by atoms with Crippen molar-refractivity contribution in [2.24, 2.45) is 0 Å². The summed E-state index contributed by atoms with van der Waals surface area (Å²) in [5.41, 5.74) is 7.40. The minimum absolute atomic E-state index is 0.136. The van der Waals surface area contributed by atoms with Gasteiger partial charge in [0.15, 0.2) is 10.8 Å². The molecule has 1 unspecified atom stereocenters. The topological polar surface area (TPSA) is 72.1 Å². The van der Waals surface area contributed by atoms with Crippen molar-refractivity contribution in [3.63, 3.8) is 0 Å². The van der Waals surface area contributed by atoms with E-state index in [-0.39, 0.29) is 5.91 Å². The molecule has 0 spiro atoms. The number of amides is 1. The Kier molecular flexibility index (Phi) is 2.66. The Morgan fingerprint density at radius 3 is 3.06 bits per heavy atom. The summed E-state index contributed by atoms with van der Waals surface area (Å²) in [5, 5.41) is 0.548. The predicted molar refractivity (Wildman–Crippen MR) is 71.4 cm³/mol. The number of rotatable bonds is 1. The molecule has 1 aliphatic heterocycles. The Morgan fingerprint density at radius 1 is 1.50 bits per heavy atom. The average molecular weight is 262 g/mol. The first-order chi connectivity index (χ1) is 8.63. The van der Waals surface area contributed by atoms with Gasteiger partial charge in [-0.3, -0.25) is 4.79 Å². The first-order valence-electron chi connectivity index (χ1n) is 5.92. The Morgan fingerprint density at radius 2 is 2.33 bits per heavy atom. The van der Waals surface area contributed by atoms with Crippen molar-refractivity contribution in [1.82, 2.24) is 14.9 Å². The van der Waals surface area contributed by atoms with Crippen molar-refractivity contribution in [1.29, 1.82) is 0 Å². The molecule has 3 rings (SSSR count). The highest BCUT2D eigenvalue weighted by Crippen LogP contribution is 2.29. The minimum Gasteiger partial charge on any atom is -0.375 e. The summed E-state index contributed by atoms with van der Waals surface area (Å²) < 4.78 is 1.01. The van der Waals surface area contributed by atoms with E-state index in [4.69, 9.17) is 5.73 Å². The van der Waals surface area contributed by atoms with Crippen molar-refractivity contribution in [2.45, 2.75) is 19.3 Å². The maximum atomic E-state index is 11.3. The van der Waals surface area contributed by atoms with Crippen LogP contribution < -0.4 is 5.73 Å². The maximum Gasteiger partial charge on any atom is 0.219 e. The molecule has 0 radical (unpaired) electrons. The lowest BCUT2D eigenvalue weighted by atomic mass is 10.0. The summed E-state index contributed by atoms with van der Waals surface area (Å²) in [4.78, 5) is 21.9. The molecule has 3 heterocycles. The van der Waals surface area contributed by atoms with Crippen molar-refractivity contribution >= 4 is 32.7 Å². The van der Waals surface area contributed by atoms with Gasteiger partial charge in [0, 0.05) is 31.6 Å². The molecule has 18 heavy (non-hydrogen) atoms. The summed E-state index contributed by atoms with van der Waals surface area (Å²) in [6, 6.07) is 4.04. The van der Waals surface area contributed by atoms with E-state index in [0.717, 1.165) is 35.6 Å². The first kappa shape index (κ1) is 11.4. The third kappa shape index (κ3) is 1.92. The van der Waals surface area contributed by atoms with Gasteiger partial charge in [0.2, 0.25) is 5.91 Å². The van der Waals surface area contributed by atoms with Crippen LogP contribution in [0.1, 0.15) is 25.0 Å². The zero-order chi connectivity index (χ0) is 12.7. The number of nitrogens with zero attached hydrogens (tertiary/aromatic N) is 3. The fraction of sp³-hybridized carbons (Fsp3) is 0.417. The van der Waals surface area contributed by atoms with Gasteiger partial charge in [-0.15, -0.1) is 0 Å². The van der Waals surface area contributed by atoms with E-state index in [1.807, 2.05) is 17.0 Å². The van der Waals surface area contributed by atoms with Crippen LogP contribution in [-0.4, -0.2) is 33.9 Å². The molecule has 2 aromatic rings. The van der Waals surface area contributed by atoms with Gasteiger partial charge in [0.1, 0.15) is 0 Å². The molecule has 1 amide bonds. The summed E-state index contributed by atoms with van der Waals surface area (Å²) in [6.07, 6.45) is 0.970. The van der Waals surface area contributed by atoms with Crippen LogP contribution >= 0.6 is 11.3 Å². The monoisotopic (exact) mass is 262 g/mol. The zero-order valence-corrected chi connectivity index (χ0v) is 10.9. The van der Waals surface area contributed by atoms with E-state index >= 15 is 0 Å². The van der Waals surface area contributed by atoms with Gasteiger partial charge in [-0.25, -0.2) is 9.97 Å². The van der Waals surface area contributed by atoms with E-state index in [9.17, 15) is 4.79 Å². The Bertz CT molecular complexity index is 609. The number of anilines is 1. The highest BCUT2D eigenvalue weighted by atomic mass is 32.1. The summed E-state index contributed by atoms with van der Waals surface area (Å²) in [7, 11) is 0. The van der Waals surface area contributed by atoms with E-state index in [1.165, 1.54) is 11.3 Å². The quantitative estimate of drug-likeness (QED) is 0.847. The first-order valence-corrected chi connectivity index (χ1v) is 6.73. The predicted octanol–water partition coefficient (Wildman–Crippen LogP) is 1.61. The third-order valence-electron chi connectivity index (χ3n) is 3.34. The van der Waals surface area contributed by atoms with Crippen LogP contribution in [0.25, 0.3) is 10.3 Å². The second-order valence-corrected chi connectivity index (χ2v) is 5.62. The third-order valence-corrected chi connectivity index (χ3v) is 4.18. The number of hydrogen-bond acceptors (Lipinski definition) is 5. The number of thiazole rings is 1. The second-order valence-electron chi connectivity index (χ2n) is 4.56. The number of nitrogens with two attached hydrogens (primary N) is 1. The van der Waals surface area contributed by atoms with E-state index in [0.29, 0.717) is 11.0 Å². The van der Waals surface area contributed by atoms with Crippen molar-refractivity contribution in [2.75, 3.05) is 18.8 Å². The average Bonchev–Trinajstić information content (AvgIpc) is 2.91. The fourth-order valence-electron chi connectivity index (χ4n) is 2.36. The number of pyridine rings is 1. The Hall–Kier alpha value is -1.69. The van der Waals surface area contributed by atoms with Gasteiger partial charge in [-0.2, -0.15) is 0 Å². The number of hydrogen-bond donors (Lipinski definition) is 1. The summed E-state index contributed by atoms with van der Waals surface area (Å²) in [6.45, 7) is 3.19. The van der Waals surface area contributed by atoms with Gasteiger partial charge in [-0.05, 0) is 18.6 Å². The lowest BCUT2D eigenvalue weighted by molar-refractivity contribution is -0.127. The molecule has 0 aromatic carbocycles. The van der Waals surface area contributed by atoms with Gasteiger partial charge in [0.25, 0.3) is 0 Å². The molecule has 0 bridgehead atoms. The lowest BCUT2D eigenvalue weighted by Crippen LogP contribution is -2.25. The number of carbonyl (C=O) groups is 1. The van der Waals surface area contributed by atoms with Crippen molar-refractivity contribution in [3.8, 4) is 0 Å². The smallest absolute Gasteiger partial charge is 0.219 e. The molecule has 5 nitrogen and oxygen atoms in total. The van der Waals surface area contributed by atoms with Crippen LogP contribution in [0, 0.1) is 0 Å². The molecular weight excluding hydrogens is 248 g/mol. The van der Waals surface area contributed by atoms with Crippen LogP contribution in [0.5, 0.6) is 0 Å². The minimum atomic E-state index is 0.136. The molecule has 6 heteroatoms. The Labute approximate surface area is 109 Å². The van der Waals surface area contributed by atoms with E-state index < -0.39 is 0 Å². The highest BCUT2D eigenvalue weighted by Gasteiger charge is 2.26. The lowest BCUT2D eigenvalue weighted by Gasteiger charge is -2.13. The van der Waals surface area contributed by atoms with Crippen LogP contribution in [0.15, 0.2) is 12.1 Å². The molecule has 2 aromatic heterocycles. The molecule has 1 atom stereocenters. The van der Waals surface area contributed by atoms with Crippen LogP contribution in [0.3, 0.4) is 0 Å². The van der Waals surface area contributed by atoms with Crippen LogP contribution in [-0.2, 0) is 4.79 Å². The summed E-state index contributed by atoms with van der Waals surface area (Å²) in [5.74, 6) is 0.456. The molecule has 94 valence electrons. The van der Waals surface area contributed by atoms with Crippen molar-refractivity contribution in [3.05, 3.63) is 17.8 Å². The zero-order valence-electron chi connectivity index (χ0n) is 10.1. The van der Waals surface area contributed by atoms with Crippen molar-refractivity contribution < 1.29 is 4.79 Å². The number of aromatic nitrogens is 2.